The summed E-state index contributed by atoms with van der Waals surface area (Å²) in [5, 5.41) is 12.7. The molecule has 1 aromatic heterocycles. The fourth-order valence-corrected chi connectivity index (χ4v) is 1.84. The van der Waals surface area contributed by atoms with Crippen LogP contribution >= 0.6 is 27.3 Å². The van der Waals surface area contributed by atoms with Gasteiger partial charge >= 0.3 is 0 Å². The average Bonchev–Trinajstić information content (AvgIpc) is 2.34. The van der Waals surface area contributed by atoms with Crippen molar-refractivity contribution in [2.24, 2.45) is 0 Å². The highest BCUT2D eigenvalue weighted by Gasteiger charge is 1.97. The zero-order valence-corrected chi connectivity index (χ0v) is 7.37. The molecule has 1 aromatic rings. The summed E-state index contributed by atoms with van der Waals surface area (Å²) in [5.74, 6) is -1.10. The molecule has 0 aliphatic heterocycles. The number of halogens is 1. The van der Waals surface area contributed by atoms with Crippen LogP contribution < -0.4 is 5.11 Å². The Morgan fingerprint density at radius 1 is 1.80 bits per heavy atom. The van der Waals surface area contributed by atoms with Crippen LogP contribution in [-0.4, -0.2) is 5.97 Å². The molecular formula is C6H4BrO2S-. The Labute approximate surface area is 70.6 Å². The normalized spacial score (nSPS) is 9.70. The molecule has 1 heterocycles. The number of carboxylic acid groups (broad SMARTS) is 1. The summed E-state index contributed by atoms with van der Waals surface area (Å²) in [6.07, 6.45) is 0. The zero-order chi connectivity index (χ0) is 7.56. The van der Waals surface area contributed by atoms with E-state index in [1.54, 1.807) is 11.4 Å². The van der Waals surface area contributed by atoms with Gasteiger partial charge in [0.2, 0.25) is 0 Å². The Hall–Kier alpha value is -0.350. The van der Waals surface area contributed by atoms with Gasteiger partial charge in [-0.15, -0.1) is 11.3 Å². The Balaban J connectivity index is 2.88. The molecule has 0 aliphatic rings. The smallest absolute Gasteiger partial charge is 0.0815 e. The van der Waals surface area contributed by atoms with Gasteiger partial charge in [-0.2, -0.15) is 0 Å². The summed E-state index contributed by atoms with van der Waals surface area (Å²) in [7, 11) is 0. The second kappa shape index (κ2) is 3.16. The first-order valence-electron chi connectivity index (χ1n) is 2.58. The molecule has 0 spiro atoms. The molecule has 0 atom stereocenters. The minimum absolute atomic E-state index is 0.287. The van der Waals surface area contributed by atoms with Crippen LogP contribution in [0.2, 0.25) is 0 Å². The van der Waals surface area contributed by atoms with Crippen molar-refractivity contribution < 1.29 is 9.90 Å². The van der Waals surface area contributed by atoms with Gasteiger partial charge in [0.15, 0.2) is 0 Å². The number of rotatable bonds is 2. The number of thiophene rings is 1. The first kappa shape index (κ1) is 7.75. The van der Waals surface area contributed by atoms with Gasteiger partial charge in [0.25, 0.3) is 0 Å². The quantitative estimate of drug-likeness (QED) is 0.697. The maximum atomic E-state index is 10.2. The van der Waals surface area contributed by atoms with Gasteiger partial charge in [0.05, 0.1) is 10.8 Å². The Kier molecular flexibility index (Phi) is 2.45. The lowest BCUT2D eigenvalue weighted by molar-refractivity contribution is -0.254. The Morgan fingerprint density at radius 3 is 2.80 bits per heavy atom. The van der Waals surface area contributed by atoms with Crippen LogP contribution in [0.4, 0.5) is 0 Å². The molecule has 0 radical (unpaired) electrons. The number of alkyl halides is 1. The van der Waals surface area contributed by atoms with Gasteiger partial charge < -0.3 is 9.90 Å². The van der Waals surface area contributed by atoms with Crippen molar-refractivity contribution in [2.45, 2.75) is 5.33 Å². The lowest BCUT2D eigenvalue weighted by atomic mass is 10.3. The van der Waals surface area contributed by atoms with Crippen molar-refractivity contribution in [2.75, 3.05) is 0 Å². The summed E-state index contributed by atoms with van der Waals surface area (Å²) in [5.41, 5.74) is 0.976. The van der Waals surface area contributed by atoms with E-state index in [0.29, 0.717) is 5.33 Å². The van der Waals surface area contributed by atoms with Crippen molar-refractivity contribution in [1.82, 2.24) is 0 Å². The lowest BCUT2D eigenvalue weighted by Crippen LogP contribution is -2.20. The number of carbonyl (C=O) groups excluding carboxylic acids is 1. The van der Waals surface area contributed by atoms with Crippen LogP contribution in [0.5, 0.6) is 0 Å². The highest BCUT2D eigenvalue weighted by Crippen LogP contribution is 2.15. The van der Waals surface area contributed by atoms with E-state index in [9.17, 15) is 9.90 Å². The van der Waals surface area contributed by atoms with Crippen LogP contribution in [0, 0.1) is 0 Å². The first-order chi connectivity index (χ1) is 4.74. The number of hydrogen-bond acceptors (Lipinski definition) is 3. The van der Waals surface area contributed by atoms with E-state index in [1.165, 1.54) is 11.3 Å². The maximum Gasteiger partial charge on any atom is 0.0815 e. The number of carboxylic acids is 1. The van der Waals surface area contributed by atoms with Gasteiger partial charge in [-0.25, -0.2) is 0 Å². The molecule has 4 heteroatoms. The summed E-state index contributed by atoms with van der Waals surface area (Å²) < 4.78 is 0. The van der Waals surface area contributed by atoms with E-state index in [0.717, 1.165) is 5.56 Å². The summed E-state index contributed by atoms with van der Waals surface area (Å²) in [6.45, 7) is 0. The molecule has 2 nitrogen and oxygen atoms in total. The summed E-state index contributed by atoms with van der Waals surface area (Å²) in [6, 6.07) is 1.61. The minimum Gasteiger partial charge on any atom is -0.544 e. The zero-order valence-electron chi connectivity index (χ0n) is 4.96. The summed E-state index contributed by atoms with van der Waals surface area (Å²) >= 11 is 4.40. The molecule has 10 heavy (non-hydrogen) atoms. The molecule has 0 bridgehead atoms. The van der Waals surface area contributed by atoms with E-state index >= 15 is 0 Å². The van der Waals surface area contributed by atoms with Gasteiger partial charge in [-0.05, 0) is 17.0 Å². The predicted molar refractivity (Wildman–Crippen MR) is 41.3 cm³/mol. The molecule has 0 aromatic carbocycles. The molecular weight excluding hydrogens is 216 g/mol. The molecule has 0 fully saturated rings. The highest BCUT2D eigenvalue weighted by atomic mass is 79.9. The Morgan fingerprint density at radius 2 is 2.50 bits per heavy atom. The number of hydrogen-bond donors (Lipinski definition) is 0. The topological polar surface area (TPSA) is 40.1 Å². The second-order valence-corrected chi connectivity index (χ2v) is 3.21. The Bertz CT molecular complexity index is 244. The van der Waals surface area contributed by atoms with E-state index in [2.05, 4.69) is 15.9 Å². The van der Waals surface area contributed by atoms with E-state index in [-0.39, 0.29) is 4.88 Å². The predicted octanol–water partition coefficient (Wildman–Crippen LogP) is 1.01. The molecule has 0 saturated heterocycles. The molecule has 0 N–H and O–H groups in total. The van der Waals surface area contributed by atoms with Crippen molar-refractivity contribution in [3.05, 3.63) is 21.9 Å². The summed E-state index contributed by atoms with van der Waals surface area (Å²) in [4.78, 5) is 10.5. The van der Waals surface area contributed by atoms with Crippen LogP contribution in [0.1, 0.15) is 15.2 Å². The third-order valence-corrected chi connectivity index (χ3v) is 2.62. The lowest BCUT2D eigenvalue weighted by Gasteiger charge is -1.92. The van der Waals surface area contributed by atoms with Crippen LogP contribution in [0.25, 0.3) is 0 Å². The standard InChI is InChI=1S/C6H5BrO2S/c7-2-4-1-5(6(8)9)10-3-4/h1,3H,2H2,(H,8,9)/p-1. The fourth-order valence-electron chi connectivity index (χ4n) is 0.553. The molecule has 1 rings (SSSR count). The van der Waals surface area contributed by atoms with Crippen LogP contribution in [-0.2, 0) is 5.33 Å². The van der Waals surface area contributed by atoms with Crippen LogP contribution in [0.15, 0.2) is 11.4 Å². The van der Waals surface area contributed by atoms with Gasteiger partial charge in [-0.3, -0.25) is 0 Å². The van der Waals surface area contributed by atoms with Gasteiger partial charge in [0.1, 0.15) is 0 Å². The third kappa shape index (κ3) is 1.58. The van der Waals surface area contributed by atoms with E-state index in [1.807, 2.05) is 0 Å². The van der Waals surface area contributed by atoms with Crippen molar-refractivity contribution in [1.29, 1.82) is 0 Å². The fraction of sp³-hybridized carbons (Fsp3) is 0.167. The maximum absolute atomic E-state index is 10.2. The average molecular weight is 220 g/mol. The van der Waals surface area contributed by atoms with Crippen molar-refractivity contribution in [3.8, 4) is 0 Å². The van der Waals surface area contributed by atoms with Crippen LogP contribution in [0.3, 0.4) is 0 Å². The third-order valence-electron chi connectivity index (χ3n) is 1.01. The molecule has 54 valence electrons. The van der Waals surface area contributed by atoms with Gasteiger partial charge in [-0.1, -0.05) is 15.9 Å². The monoisotopic (exact) mass is 219 g/mol. The van der Waals surface area contributed by atoms with Crippen molar-refractivity contribution >= 4 is 33.2 Å². The minimum atomic E-state index is -1.10. The van der Waals surface area contributed by atoms with Gasteiger partial charge in [0, 0.05) is 5.33 Å². The van der Waals surface area contributed by atoms with E-state index < -0.39 is 5.97 Å². The molecule has 0 saturated carbocycles. The van der Waals surface area contributed by atoms with Crippen molar-refractivity contribution in [3.63, 3.8) is 0 Å². The molecule has 0 aliphatic carbocycles. The number of aromatic carboxylic acids is 1. The van der Waals surface area contributed by atoms with E-state index in [4.69, 9.17) is 0 Å². The second-order valence-electron chi connectivity index (χ2n) is 1.74. The largest absolute Gasteiger partial charge is 0.544 e. The number of carbonyl (C=O) groups is 1. The molecule has 0 amide bonds. The SMILES string of the molecule is O=C([O-])c1cc(CBr)cs1. The molecule has 0 unspecified atom stereocenters. The first-order valence-corrected chi connectivity index (χ1v) is 4.59. The highest BCUT2D eigenvalue weighted by molar-refractivity contribution is 9.08.